The molecule has 2 aromatic heterocycles. The van der Waals surface area contributed by atoms with Gasteiger partial charge >= 0.3 is 0 Å². The molecular weight excluding hydrogens is 539 g/mol. The second-order valence-corrected chi connectivity index (χ2v) is 11.1. The summed E-state index contributed by atoms with van der Waals surface area (Å²) in [6, 6.07) is 7.15. The first-order chi connectivity index (χ1) is 19.5. The van der Waals surface area contributed by atoms with Crippen LogP contribution >= 0.6 is 0 Å². The number of nitrogens with zero attached hydrogens (tertiary/aromatic N) is 6. The minimum absolute atomic E-state index is 0.00868. The summed E-state index contributed by atoms with van der Waals surface area (Å²) in [5.41, 5.74) is -1.51. The highest BCUT2D eigenvalue weighted by atomic mass is 19.1. The van der Waals surface area contributed by atoms with Crippen molar-refractivity contribution in [3.05, 3.63) is 47.4 Å². The van der Waals surface area contributed by atoms with Gasteiger partial charge in [0.1, 0.15) is 30.0 Å². The van der Waals surface area contributed by atoms with Crippen molar-refractivity contribution in [2.45, 2.75) is 75.9 Å². The molecule has 0 spiro atoms. The lowest BCUT2D eigenvalue weighted by Gasteiger charge is -2.26. The van der Waals surface area contributed by atoms with Crippen molar-refractivity contribution in [3.8, 4) is 29.5 Å². The number of likely N-dealkylation sites (N-methyl/N-ethyl adjacent to an activating group) is 1. The molecule has 1 aromatic carbocycles. The van der Waals surface area contributed by atoms with Crippen LogP contribution in [0.2, 0.25) is 0 Å². The van der Waals surface area contributed by atoms with Crippen molar-refractivity contribution >= 4 is 0 Å². The summed E-state index contributed by atoms with van der Waals surface area (Å²) < 4.78 is 60.9. The molecule has 1 N–H and O–H groups in total. The lowest BCUT2D eigenvalue weighted by Crippen LogP contribution is -2.38. The number of halogens is 3. The zero-order valence-corrected chi connectivity index (χ0v) is 23.3. The first-order valence-electron chi connectivity index (χ1n) is 13.5. The highest BCUT2D eigenvalue weighted by Crippen LogP contribution is 2.35. The smallest absolute Gasteiger partial charge is 0.240 e. The van der Waals surface area contributed by atoms with Crippen LogP contribution in [0.4, 0.5) is 13.2 Å². The van der Waals surface area contributed by atoms with Crippen molar-refractivity contribution in [1.29, 1.82) is 5.26 Å². The highest BCUT2D eigenvalue weighted by Gasteiger charge is 2.37. The Labute approximate surface area is 235 Å². The van der Waals surface area contributed by atoms with Gasteiger partial charge in [-0.3, -0.25) is 4.90 Å². The number of alkyl halides is 1. The second-order valence-electron chi connectivity index (χ2n) is 11.1. The average Bonchev–Trinajstić information content (AvgIpc) is 3.64. The number of likely N-dealkylation sites (tertiary alicyclic amines) is 1. The topological polar surface area (TPSA) is 122 Å². The van der Waals surface area contributed by atoms with E-state index in [1.54, 1.807) is 19.9 Å². The zero-order valence-electron chi connectivity index (χ0n) is 23.3. The van der Waals surface area contributed by atoms with Gasteiger partial charge in [-0.1, -0.05) is 11.2 Å². The normalized spacial score (nSPS) is 23.9. The van der Waals surface area contributed by atoms with E-state index >= 15 is 0 Å². The minimum atomic E-state index is -1.30. The Kier molecular flexibility index (Phi) is 8.15. The van der Waals surface area contributed by atoms with Crippen LogP contribution in [0.5, 0.6) is 11.8 Å². The van der Waals surface area contributed by atoms with Crippen LogP contribution in [0.25, 0.3) is 11.6 Å². The molecule has 10 nitrogen and oxygen atoms in total. The van der Waals surface area contributed by atoms with Crippen LogP contribution in [-0.4, -0.2) is 75.6 Å². The Hall–Kier alpha value is -3.76. The van der Waals surface area contributed by atoms with E-state index in [2.05, 4.69) is 31.5 Å². The van der Waals surface area contributed by atoms with Gasteiger partial charge in [-0.25, -0.2) is 13.2 Å². The fourth-order valence-corrected chi connectivity index (χ4v) is 5.49. The third-order valence-corrected chi connectivity index (χ3v) is 7.63. The summed E-state index contributed by atoms with van der Waals surface area (Å²) in [4.78, 5) is 15.2. The Morgan fingerprint density at radius 3 is 2.59 bits per heavy atom. The van der Waals surface area contributed by atoms with Gasteiger partial charge in [-0.05, 0) is 46.4 Å². The highest BCUT2D eigenvalue weighted by molar-refractivity contribution is 5.46. The first kappa shape index (κ1) is 28.8. The Morgan fingerprint density at radius 1 is 1.17 bits per heavy atom. The Bertz CT molecular complexity index is 1410. The number of nitriles is 1. The SMILES string of the molecule is C[C@H](Oc1cc(O[C@H]2CN[C@H](CC#N)C2)nc(-c2noc(C(C)(C)c3c(F)cccc3F)n2)n1)[C@@H]1C[C@@H](F)CN1C. The number of ether oxygens (including phenoxy) is 2. The maximum Gasteiger partial charge on any atom is 0.240 e. The van der Waals surface area contributed by atoms with Crippen LogP contribution in [0.1, 0.15) is 51.5 Å². The molecule has 5 atom stereocenters. The van der Waals surface area contributed by atoms with E-state index in [-0.39, 0.29) is 53.1 Å². The number of nitrogens with one attached hydrogen (secondary N) is 1. The number of hydrogen-bond acceptors (Lipinski definition) is 10. The monoisotopic (exact) mass is 571 g/mol. The maximum atomic E-state index is 14.6. The average molecular weight is 572 g/mol. The molecule has 13 heteroatoms. The molecule has 0 unspecified atom stereocenters. The van der Waals surface area contributed by atoms with Crippen LogP contribution in [0.3, 0.4) is 0 Å². The summed E-state index contributed by atoms with van der Waals surface area (Å²) in [6.07, 6.45) is -0.295. The van der Waals surface area contributed by atoms with E-state index < -0.39 is 29.3 Å². The van der Waals surface area contributed by atoms with Gasteiger partial charge in [0.25, 0.3) is 0 Å². The standard InChI is InChI=1S/C28H32F3N7O3/c1-15(21-10-16(29)14-38(21)4)39-22-12-23(40-18-11-17(8-9-32)33-13-18)35-25(34-22)26-36-27(41-37-26)28(2,3)24-19(30)6-5-7-20(24)31/h5-7,12,15-18,21,33H,8,10-11,13-14H2,1-4H3/t15-,16+,17+,18+,21-/m0/s1. The van der Waals surface area contributed by atoms with Crippen LogP contribution in [0, 0.1) is 23.0 Å². The minimum Gasteiger partial charge on any atom is -0.473 e. The lowest BCUT2D eigenvalue weighted by molar-refractivity contribution is 0.115. The quantitative estimate of drug-likeness (QED) is 0.404. The first-order valence-corrected chi connectivity index (χ1v) is 13.5. The van der Waals surface area contributed by atoms with Crippen molar-refractivity contribution in [2.24, 2.45) is 0 Å². The van der Waals surface area contributed by atoms with Crippen LogP contribution in [0.15, 0.2) is 28.8 Å². The van der Waals surface area contributed by atoms with E-state index in [0.717, 1.165) is 12.1 Å². The molecule has 2 aliphatic heterocycles. The molecule has 2 aliphatic rings. The summed E-state index contributed by atoms with van der Waals surface area (Å²) >= 11 is 0. The summed E-state index contributed by atoms with van der Waals surface area (Å²) in [5, 5.41) is 16.3. The lowest BCUT2D eigenvalue weighted by atomic mass is 9.83. The molecule has 3 aromatic rings. The Morgan fingerprint density at radius 2 is 1.90 bits per heavy atom. The largest absolute Gasteiger partial charge is 0.473 e. The zero-order chi connectivity index (χ0) is 29.3. The van der Waals surface area contributed by atoms with Crippen LogP contribution < -0.4 is 14.8 Å². The molecular formula is C28H32F3N7O3. The van der Waals surface area contributed by atoms with Gasteiger partial charge in [0.05, 0.1) is 24.0 Å². The molecule has 4 heterocycles. The van der Waals surface area contributed by atoms with E-state index in [9.17, 15) is 13.2 Å². The summed E-state index contributed by atoms with van der Waals surface area (Å²) in [6.45, 7) is 5.84. The van der Waals surface area contributed by atoms with E-state index in [1.165, 1.54) is 6.07 Å². The van der Waals surface area contributed by atoms with Gasteiger partial charge in [-0.2, -0.15) is 20.2 Å². The number of rotatable bonds is 9. The molecule has 0 radical (unpaired) electrons. The number of hydrogen-bond donors (Lipinski definition) is 1. The van der Waals surface area contributed by atoms with Gasteiger partial charge in [0, 0.05) is 37.2 Å². The molecule has 0 bridgehead atoms. The summed E-state index contributed by atoms with van der Waals surface area (Å²) in [5.74, 6) is -1.16. The van der Waals surface area contributed by atoms with Crippen molar-refractivity contribution in [2.75, 3.05) is 20.1 Å². The third kappa shape index (κ3) is 6.13. The van der Waals surface area contributed by atoms with E-state index in [1.807, 2.05) is 18.9 Å². The Balaban J connectivity index is 1.45. The fourth-order valence-electron chi connectivity index (χ4n) is 5.49. The fraction of sp³-hybridized carbons (Fsp3) is 0.536. The van der Waals surface area contributed by atoms with Gasteiger partial charge in [-0.15, -0.1) is 0 Å². The molecule has 2 fully saturated rings. The van der Waals surface area contributed by atoms with Gasteiger partial charge in [0.2, 0.25) is 29.3 Å². The van der Waals surface area contributed by atoms with E-state index in [0.29, 0.717) is 32.4 Å². The second kappa shape index (κ2) is 11.6. The molecule has 5 rings (SSSR count). The number of benzene rings is 1. The van der Waals surface area contributed by atoms with E-state index in [4.69, 9.17) is 19.3 Å². The van der Waals surface area contributed by atoms with Gasteiger partial charge < -0.3 is 19.3 Å². The molecule has 0 aliphatic carbocycles. The number of aromatic nitrogens is 4. The molecule has 0 saturated carbocycles. The van der Waals surface area contributed by atoms with Crippen molar-refractivity contribution in [1.82, 2.24) is 30.3 Å². The predicted molar refractivity (Wildman–Crippen MR) is 141 cm³/mol. The maximum absolute atomic E-state index is 14.6. The molecule has 0 amide bonds. The van der Waals surface area contributed by atoms with Crippen LogP contribution in [-0.2, 0) is 5.41 Å². The van der Waals surface area contributed by atoms with Crippen molar-refractivity contribution < 1.29 is 27.2 Å². The summed E-state index contributed by atoms with van der Waals surface area (Å²) in [7, 11) is 1.84. The predicted octanol–water partition coefficient (Wildman–Crippen LogP) is 3.96. The molecule has 218 valence electrons. The molecule has 41 heavy (non-hydrogen) atoms. The van der Waals surface area contributed by atoms with Crippen molar-refractivity contribution in [3.63, 3.8) is 0 Å². The van der Waals surface area contributed by atoms with Gasteiger partial charge in [0.15, 0.2) is 0 Å². The third-order valence-electron chi connectivity index (χ3n) is 7.63. The molecule has 2 saturated heterocycles.